The first-order valence-electron chi connectivity index (χ1n) is 4.07. The van der Waals surface area contributed by atoms with Crippen LogP contribution in [0, 0.1) is 6.92 Å². The number of fused-ring (bicyclic) bond motifs is 1. The molecule has 3 nitrogen and oxygen atoms in total. The number of thiazole rings is 1. The number of alkyl halides is 2. The van der Waals surface area contributed by atoms with E-state index >= 15 is 0 Å². The quantitative estimate of drug-likeness (QED) is 0.835. The zero-order chi connectivity index (χ0) is 10.3. The second-order valence-electron chi connectivity index (χ2n) is 3.00. The average Bonchev–Trinajstić information content (AvgIpc) is 2.62. The topological polar surface area (TPSA) is 43.3 Å². The summed E-state index contributed by atoms with van der Waals surface area (Å²) in [5.41, 5.74) is 6.38. The number of halogens is 2. The Labute approximate surface area is 83.2 Å². The molecule has 14 heavy (non-hydrogen) atoms. The van der Waals surface area contributed by atoms with Crippen molar-refractivity contribution in [2.75, 3.05) is 0 Å². The van der Waals surface area contributed by atoms with Gasteiger partial charge in [0.15, 0.2) is 4.96 Å². The molecule has 2 N–H and O–H groups in total. The number of imidazole rings is 1. The molecule has 0 spiro atoms. The van der Waals surface area contributed by atoms with Crippen molar-refractivity contribution in [2.45, 2.75) is 19.4 Å². The van der Waals surface area contributed by atoms with Crippen molar-refractivity contribution in [3.05, 3.63) is 23.0 Å². The Morgan fingerprint density at radius 3 is 2.93 bits per heavy atom. The number of rotatable bonds is 2. The Morgan fingerprint density at radius 2 is 2.29 bits per heavy atom. The van der Waals surface area contributed by atoms with E-state index in [-0.39, 0.29) is 0 Å². The van der Waals surface area contributed by atoms with E-state index in [0.29, 0.717) is 16.3 Å². The second kappa shape index (κ2) is 3.29. The Balaban J connectivity index is 2.58. The summed E-state index contributed by atoms with van der Waals surface area (Å²) in [4.78, 5) is 4.85. The SMILES string of the molecule is Cc1nc2sccn2c1C(N)C(F)F. The first-order chi connectivity index (χ1) is 6.61. The fourth-order valence-electron chi connectivity index (χ4n) is 1.43. The molecule has 0 aliphatic carbocycles. The molecular formula is C8H9F2N3S. The molecule has 0 aromatic carbocycles. The fourth-order valence-corrected chi connectivity index (χ4v) is 2.20. The zero-order valence-corrected chi connectivity index (χ0v) is 8.26. The Kier molecular flexibility index (Phi) is 2.24. The lowest BCUT2D eigenvalue weighted by atomic mass is 10.2. The molecule has 2 aromatic rings. The lowest BCUT2D eigenvalue weighted by Crippen LogP contribution is -2.21. The van der Waals surface area contributed by atoms with Gasteiger partial charge in [-0.25, -0.2) is 13.8 Å². The summed E-state index contributed by atoms with van der Waals surface area (Å²) in [7, 11) is 0. The summed E-state index contributed by atoms with van der Waals surface area (Å²) in [5, 5.41) is 1.80. The van der Waals surface area contributed by atoms with Crippen LogP contribution in [0.3, 0.4) is 0 Å². The minimum Gasteiger partial charge on any atom is -0.318 e. The third kappa shape index (κ3) is 1.31. The fraction of sp³-hybridized carbons (Fsp3) is 0.375. The molecule has 0 saturated carbocycles. The predicted molar refractivity (Wildman–Crippen MR) is 50.7 cm³/mol. The number of hydrogen-bond acceptors (Lipinski definition) is 3. The highest BCUT2D eigenvalue weighted by molar-refractivity contribution is 7.15. The van der Waals surface area contributed by atoms with Gasteiger partial charge in [-0.2, -0.15) is 0 Å². The largest absolute Gasteiger partial charge is 0.318 e. The molecule has 6 heteroatoms. The van der Waals surface area contributed by atoms with E-state index in [1.54, 1.807) is 22.9 Å². The van der Waals surface area contributed by atoms with Crippen LogP contribution in [-0.4, -0.2) is 15.8 Å². The maximum Gasteiger partial charge on any atom is 0.259 e. The molecule has 1 unspecified atom stereocenters. The van der Waals surface area contributed by atoms with Crippen molar-refractivity contribution in [1.82, 2.24) is 9.38 Å². The van der Waals surface area contributed by atoms with Crippen molar-refractivity contribution in [2.24, 2.45) is 5.73 Å². The molecule has 0 fully saturated rings. The van der Waals surface area contributed by atoms with Crippen molar-refractivity contribution in [1.29, 1.82) is 0 Å². The molecule has 0 radical (unpaired) electrons. The van der Waals surface area contributed by atoms with Crippen LogP contribution in [0.1, 0.15) is 17.4 Å². The van der Waals surface area contributed by atoms with Crippen LogP contribution >= 0.6 is 11.3 Å². The van der Waals surface area contributed by atoms with Gasteiger partial charge in [-0.05, 0) is 6.92 Å². The number of hydrogen-bond donors (Lipinski definition) is 1. The monoisotopic (exact) mass is 217 g/mol. The van der Waals surface area contributed by atoms with E-state index in [1.165, 1.54) is 11.3 Å². The molecule has 2 aromatic heterocycles. The van der Waals surface area contributed by atoms with E-state index < -0.39 is 12.5 Å². The summed E-state index contributed by atoms with van der Waals surface area (Å²) < 4.78 is 26.5. The molecule has 0 bridgehead atoms. The number of aromatic nitrogens is 2. The minimum absolute atomic E-state index is 0.399. The zero-order valence-electron chi connectivity index (χ0n) is 7.45. The van der Waals surface area contributed by atoms with Gasteiger partial charge in [-0.15, -0.1) is 11.3 Å². The van der Waals surface area contributed by atoms with Crippen molar-refractivity contribution < 1.29 is 8.78 Å². The van der Waals surface area contributed by atoms with Gasteiger partial charge in [-0.1, -0.05) is 0 Å². The normalized spacial score (nSPS) is 14.1. The third-order valence-corrected chi connectivity index (χ3v) is 2.83. The van der Waals surface area contributed by atoms with E-state index in [2.05, 4.69) is 4.98 Å². The van der Waals surface area contributed by atoms with E-state index in [4.69, 9.17) is 5.73 Å². The first-order valence-corrected chi connectivity index (χ1v) is 4.95. The summed E-state index contributed by atoms with van der Waals surface area (Å²) in [6.07, 6.45) is -0.856. The van der Waals surface area contributed by atoms with Gasteiger partial charge >= 0.3 is 0 Å². The van der Waals surface area contributed by atoms with E-state index in [9.17, 15) is 8.78 Å². The van der Waals surface area contributed by atoms with Gasteiger partial charge in [-0.3, -0.25) is 4.40 Å². The highest BCUT2D eigenvalue weighted by Gasteiger charge is 2.24. The average molecular weight is 217 g/mol. The molecule has 2 heterocycles. The van der Waals surface area contributed by atoms with Crippen LogP contribution in [0.15, 0.2) is 11.6 Å². The Morgan fingerprint density at radius 1 is 1.57 bits per heavy atom. The second-order valence-corrected chi connectivity index (χ2v) is 3.87. The van der Waals surface area contributed by atoms with Crippen LogP contribution in [0.2, 0.25) is 0 Å². The van der Waals surface area contributed by atoms with Crippen LogP contribution in [-0.2, 0) is 0 Å². The third-order valence-electron chi connectivity index (χ3n) is 2.07. The standard InChI is InChI=1S/C8H9F2N3S/c1-4-6(5(11)7(9)10)13-2-3-14-8(13)12-4/h2-3,5,7H,11H2,1H3. The summed E-state index contributed by atoms with van der Waals surface area (Å²) in [6, 6.07) is -1.26. The first kappa shape index (κ1) is 9.54. The lowest BCUT2D eigenvalue weighted by molar-refractivity contribution is 0.114. The summed E-state index contributed by atoms with van der Waals surface area (Å²) >= 11 is 1.40. The highest BCUT2D eigenvalue weighted by Crippen LogP contribution is 2.24. The lowest BCUT2D eigenvalue weighted by Gasteiger charge is -2.09. The molecule has 2 rings (SSSR count). The Bertz CT molecular complexity index is 448. The molecule has 0 saturated heterocycles. The number of aryl methyl sites for hydroxylation is 1. The van der Waals surface area contributed by atoms with Crippen LogP contribution in [0.25, 0.3) is 4.96 Å². The van der Waals surface area contributed by atoms with E-state index in [0.717, 1.165) is 0 Å². The summed E-state index contributed by atoms with van der Waals surface area (Å²) in [6.45, 7) is 1.69. The van der Waals surface area contributed by atoms with Crippen molar-refractivity contribution in [3.63, 3.8) is 0 Å². The Hall–Kier alpha value is -1.01. The number of nitrogens with two attached hydrogens (primary N) is 1. The van der Waals surface area contributed by atoms with Gasteiger partial charge in [0.05, 0.1) is 11.4 Å². The van der Waals surface area contributed by atoms with Gasteiger partial charge in [0, 0.05) is 11.6 Å². The van der Waals surface area contributed by atoms with Gasteiger partial charge in [0.25, 0.3) is 6.43 Å². The molecule has 76 valence electrons. The molecule has 0 amide bonds. The molecule has 0 aliphatic heterocycles. The maximum absolute atomic E-state index is 12.4. The maximum atomic E-state index is 12.4. The number of nitrogens with zero attached hydrogens (tertiary/aromatic N) is 2. The van der Waals surface area contributed by atoms with Gasteiger partial charge < -0.3 is 5.73 Å². The molecule has 1 atom stereocenters. The molecule has 0 aliphatic rings. The minimum atomic E-state index is -2.56. The van der Waals surface area contributed by atoms with Gasteiger partial charge in [0.2, 0.25) is 0 Å². The van der Waals surface area contributed by atoms with Crippen LogP contribution in [0.4, 0.5) is 8.78 Å². The highest BCUT2D eigenvalue weighted by atomic mass is 32.1. The van der Waals surface area contributed by atoms with E-state index in [1.807, 2.05) is 0 Å². The summed E-state index contributed by atoms with van der Waals surface area (Å²) in [5.74, 6) is 0. The van der Waals surface area contributed by atoms with Crippen LogP contribution in [0.5, 0.6) is 0 Å². The predicted octanol–water partition coefficient (Wildman–Crippen LogP) is 1.97. The smallest absolute Gasteiger partial charge is 0.259 e. The van der Waals surface area contributed by atoms with Gasteiger partial charge in [0.1, 0.15) is 6.04 Å². The van der Waals surface area contributed by atoms with Crippen LogP contribution < -0.4 is 5.73 Å². The van der Waals surface area contributed by atoms with Crippen molar-refractivity contribution in [3.8, 4) is 0 Å². The van der Waals surface area contributed by atoms with Crippen molar-refractivity contribution >= 4 is 16.3 Å². The molecular weight excluding hydrogens is 208 g/mol.